The van der Waals surface area contributed by atoms with Crippen LogP contribution in [0.2, 0.25) is 0 Å². The number of carbonyl (C=O) groups excluding carboxylic acids is 1. The summed E-state index contributed by atoms with van der Waals surface area (Å²) in [6.07, 6.45) is 2.03. The zero-order chi connectivity index (χ0) is 20.0. The number of amides is 1. The fraction of sp³-hybridized carbons (Fsp3) is 0.650. The summed E-state index contributed by atoms with van der Waals surface area (Å²) in [5.41, 5.74) is 1.87. The van der Waals surface area contributed by atoms with E-state index in [0.29, 0.717) is 19.0 Å². The van der Waals surface area contributed by atoms with Crippen molar-refractivity contribution in [1.82, 2.24) is 4.31 Å². The first-order chi connectivity index (χ1) is 12.8. The monoisotopic (exact) mass is 395 g/mol. The molecule has 1 aliphatic rings. The van der Waals surface area contributed by atoms with E-state index in [9.17, 15) is 13.2 Å². The summed E-state index contributed by atoms with van der Waals surface area (Å²) in [5.74, 6) is -0.254. The molecule has 1 unspecified atom stereocenters. The fourth-order valence-corrected chi connectivity index (χ4v) is 5.21. The Kier molecular flexibility index (Phi) is 7.68. The second-order valence-electron chi connectivity index (χ2n) is 7.43. The van der Waals surface area contributed by atoms with E-state index < -0.39 is 10.0 Å². The Morgan fingerprint density at radius 2 is 1.93 bits per heavy atom. The van der Waals surface area contributed by atoms with E-state index >= 15 is 0 Å². The van der Waals surface area contributed by atoms with Crippen LogP contribution in [0.25, 0.3) is 0 Å². The minimum Gasteiger partial charge on any atom is -0.369 e. The van der Waals surface area contributed by atoms with Crippen molar-refractivity contribution in [2.24, 2.45) is 5.92 Å². The van der Waals surface area contributed by atoms with Crippen LogP contribution in [-0.4, -0.2) is 50.1 Å². The van der Waals surface area contributed by atoms with Crippen molar-refractivity contribution < 1.29 is 13.2 Å². The molecule has 0 radical (unpaired) electrons. The SMILES string of the molecule is CCCS(=O)(=O)N1CCCC(C(=O)Nc2ccc(N(CC)C(C)C)cc2)C1. The molecule has 1 aliphatic heterocycles. The number of carbonyl (C=O) groups is 1. The topological polar surface area (TPSA) is 69.7 Å². The van der Waals surface area contributed by atoms with Crippen molar-refractivity contribution in [3.05, 3.63) is 24.3 Å². The Labute approximate surface area is 164 Å². The molecule has 0 bridgehead atoms. The average molecular weight is 396 g/mol. The van der Waals surface area contributed by atoms with Crippen LogP contribution in [-0.2, 0) is 14.8 Å². The number of piperidine rings is 1. The highest BCUT2D eigenvalue weighted by molar-refractivity contribution is 7.89. The van der Waals surface area contributed by atoms with Crippen LogP contribution in [0.3, 0.4) is 0 Å². The van der Waals surface area contributed by atoms with E-state index in [1.165, 1.54) is 4.31 Å². The standard InChI is InChI=1S/C20H33N3O3S/c1-5-14-27(25,26)22-13-7-8-17(15-22)20(24)21-18-9-11-19(12-10-18)23(6-2)16(3)4/h9-12,16-17H,5-8,13-15H2,1-4H3,(H,21,24). The number of benzene rings is 1. The van der Waals surface area contributed by atoms with Crippen molar-refractivity contribution in [3.8, 4) is 0 Å². The summed E-state index contributed by atoms with van der Waals surface area (Å²) < 4.78 is 26.1. The molecule has 2 rings (SSSR count). The van der Waals surface area contributed by atoms with Crippen LogP contribution >= 0.6 is 0 Å². The number of hydrogen-bond acceptors (Lipinski definition) is 4. The lowest BCUT2D eigenvalue weighted by Gasteiger charge is -2.31. The molecule has 1 heterocycles. The summed E-state index contributed by atoms with van der Waals surface area (Å²) in [6.45, 7) is 10.0. The summed E-state index contributed by atoms with van der Waals surface area (Å²) in [4.78, 5) is 14.9. The highest BCUT2D eigenvalue weighted by Crippen LogP contribution is 2.23. The molecule has 1 N–H and O–H groups in total. The highest BCUT2D eigenvalue weighted by atomic mass is 32.2. The van der Waals surface area contributed by atoms with E-state index in [4.69, 9.17) is 0 Å². The molecule has 1 saturated heterocycles. The van der Waals surface area contributed by atoms with Gasteiger partial charge in [0, 0.05) is 37.1 Å². The number of nitrogens with zero attached hydrogens (tertiary/aromatic N) is 2. The predicted molar refractivity (Wildman–Crippen MR) is 112 cm³/mol. The molecule has 1 atom stereocenters. The van der Waals surface area contributed by atoms with E-state index in [2.05, 4.69) is 31.0 Å². The van der Waals surface area contributed by atoms with Crippen LogP contribution < -0.4 is 10.2 Å². The first-order valence-electron chi connectivity index (χ1n) is 9.93. The van der Waals surface area contributed by atoms with Gasteiger partial charge in [-0.2, -0.15) is 0 Å². The normalized spacial score (nSPS) is 18.5. The minimum atomic E-state index is -3.25. The molecule has 0 aliphatic carbocycles. The maximum atomic E-state index is 12.6. The molecular formula is C20H33N3O3S. The Morgan fingerprint density at radius 1 is 1.26 bits per heavy atom. The maximum Gasteiger partial charge on any atom is 0.228 e. The summed E-state index contributed by atoms with van der Waals surface area (Å²) >= 11 is 0. The van der Waals surface area contributed by atoms with Crippen LogP contribution in [0.4, 0.5) is 11.4 Å². The molecule has 0 saturated carbocycles. The third-order valence-electron chi connectivity index (χ3n) is 5.04. The van der Waals surface area contributed by atoms with Crippen LogP contribution in [0.5, 0.6) is 0 Å². The van der Waals surface area contributed by atoms with Gasteiger partial charge in [0.15, 0.2) is 0 Å². The molecule has 1 aromatic carbocycles. The number of nitrogens with one attached hydrogen (secondary N) is 1. The van der Waals surface area contributed by atoms with Gasteiger partial charge in [0.2, 0.25) is 15.9 Å². The van der Waals surface area contributed by atoms with E-state index in [1.54, 1.807) is 0 Å². The number of rotatable bonds is 8. The van der Waals surface area contributed by atoms with Crippen LogP contribution in [0.1, 0.15) is 47.0 Å². The summed E-state index contributed by atoms with van der Waals surface area (Å²) in [7, 11) is -3.25. The molecule has 1 amide bonds. The van der Waals surface area contributed by atoms with E-state index in [0.717, 1.165) is 30.8 Å². The smallest absolute Gasteiger partial charge is 0.228 e. The largest absolute Gasteiger partial charge is 0.369 e. The van der Waals surface area contributed by atoms with Crippen molar-refractivity contribution in [1.29, 1.82) is 0 Å². The molecule has 152 valence electrons. The molecule has 0 aromatic heterocycles. The molecule has 1 fully saturated rings. The third-order valence-corrected chi connectivity index (χ3v) is 7.08. The lowest BCUT2D eigenvalue weighted by molar-refractivity contribution is -0.120. The van der Waals surface area contributed by atoms with E-state index in [1.807, 2.05) is 31.2 Å². The molecule has 1 aromatic rings. The molecule has 6 nitrogen and oxygen atoms in total. The van der Waals surface area contributed by atoms with Crippen molar-refractivity contribution in [3.63, 3.8) is 0 Å². The minimum absolute atomic E-state index is 0.102. The lowest BCUT2D eigenvalue weighted by atomic mass is 9.98. The third kappa shape index (κ3) is 5.69. The summed E-state index contributed by atoms with van der Waals surface area (Å²) in [5, 5.41) is 2.95. The Balaban J connectivity index is 2.00. The van der Waals surface area contributed by atoms with Crippen molar-refractivity contribution in [2.45, 2.75) is 53.0 Å². The van der Waals surface area contributed by atoms with Gasteiger partial charge < -0.3 is 10.2 Å². The maximum absolute atomic E-state index is 12.6. The van der Waals surface area contributed by atoms with Gasteiger partial charge in [-0.3, -0.25) is 4.79 Å². The molecule has 27 heavy (non-hydrogen) atoms. The zero-order valence-corrected chi connectivity index (χ0v) is 17.8. The zero-order valence-electron chi connectivity index (χ0n) is 16.9. The fourth-order valence-electron chi connectivity index (χ4n) is 3.62. The van der Waals surface area contributed by atoms with Gasteiger partial charge in [0.25, 0.3) is 0 Å². The van der Waals surface area contributed by atoms with Crippen molar-refractivity contribution >= 4 is 27.3 Å². The average Bonchev–Trinajstić information content (AvgIpc) is 2.63. The van der Waals surface area contributed by atoms with Gasteiger partial charge in [-0.1, -0.05) is 6.92 Å². The second kappa shape index (κ2) is 9.55. The van der Waals surface area contributed by atoms with Gasteiger partial charge in [-0.15, -0.1) is 0 Å². The lowest BCUT2D eigenvalue weighted by Crippen LogP contribution is -2.44. The molecular weight excluding hydrogens is 362 g/mol. The number of anilines is 2. The Bertz CT molecular complexity index is 716. The molecule has 0 spiro atoms. The van der Waals surface area contributed by atoms with Gasteiger partial charge in [0.05, 0.1) is 11.7 Å². The highest BCUT2D eigenvalue weighted by Gasteiger charge is 2.31. The Hall–Kier alpha value is -1.60. The predicted octanol–water partition coefficient (Wildman–Crippen LogP) is 3.31. The van der Waals surface area contributed by atoms with Gasteiger partial charge in [-0.05, 0) is 64.3 Å². The molecule has 7 heteroatoms. The van der Waals surface area contributed by atoms with E-state index in [-0.39, 0.29) is 24.1 Å². The van der Waals surface area contributed by atoms with Crippen molar-refractivity contribution in [2.75, 3.05) is 35.6 Å². The van der Waals surface area contributed by atoms with Gasteiger partial charge >= 0.3 is 0 Å². The quantitative estimate of drug-likeness (QED) is 0.733. The van der Waals surface area contributed by atoms with Crippen LogP contribution in [0.15, 0.2) is 24.3 Å². The first-order valence-corrected chi connectivity index (χ1v) is 11.5. The van der Waals surface area contributed by atoms with Gasteiger partial charge in [0.1, 0.15) is 0 Å². The Morgan fingerprint density at radius 3 is 2.48 bits per heavy atom. The van der Waals surface area contributed by atoms with Crippen LogP contribution in [0, 0.1) is 5.92 Å². The first kappa shape index (κ1) is 21.7. The number of hydrogen-bond donors (Lipinski definition) is 1. The number of sulfonamides is 1. The second-order valence-corrected chi connectivity index (χ2v) is 9.52. The summed E-state index contributed by atoms with van der Waals surface area (Å²) in [6, 6.07) is 8.25. The van der Waals surface area contributed by atoms with Gasteiger partial charge in [-0.25, -0.2) is 12.7 Å².